The number of rotatable bonds is 5. The van der Waals surface area contributed by atoms with E-state index < -0.39 is 17.6 Å². The number of carbonyl (C=O) groups is 2. The van der Waals surface area contributed by atoms with Crippen molar-refractivity contribution in [2.75, 3.05) is 12.3 Å². The Balaban J connectivity index is 1.96. The molecule has 0 aliphatic carbocycles. The lowest BCUT2D eigenvalue weighted by Gasteiger charge is -2.22. The summed E-state index contributed by atoms with van der Waals surface area (Å²) in [6.07, 6.45) is 0. The molecule has 1 atom stereocenters. The Labute approximate surface area is 153 Å². The number of amides is 1. The molecule has 138 valence electrons. The number of nitrogen functional groups attached to an aromatic ring is 1. The number of nitrogens with two attached hydrogens (primary N) is 2. The maximum atomic E-state index is 12.2. The fourth-order valence-corrected chi connectivity index (χ4v) is 2.33. The first-order chi connectivity index (χ1) is 12.2. The monoisotopic (exact) mass is 355 g/mol. The van der Waals surface area contributed by atoms with Gasteiger partial charge in [-0.15, -0.1) is 0 Å². The first kappa shape index (κ1) is 19.5. The second-order valence-corrected chi connectivity index (χ2v) is 7.01. The predicted octanol–water partition coefficient (Wildman–Crippen LogP) is 2.33. The van der Waals surface area contributed by atoms with E-state index >= 15 is 0 Å². The number of hydrogen-bond donors (Lipinski definition) is 3. The molecule has 1 amide bonds. The number of anilines is 1. The van der Waals surface area contributed by atoms with Crippen molar-refractivity contribution in [3.8, 4) is 11.1 Å². The highest BCUT2D eigenvalue weighted by Crippen LogP contribution is 2.25. The van der Waals surface area contributed by atoms with E-state index in [0.29, 0.717) is 11.3 Å². The van der Waals surface area contributed by atoms with E-state index in [-0.39, 0.29) is 12.5 Å². The highest BCUT2D eigenvalue weighted by Gasteiger charge is 2.22. The van der Waals surface area contributed by atoms with Crippen molar-refractivity contribution in [1.82, 2.24) is 5.32 Å². The van der Waals surface area contributed by atoms with Crippen molar-refractivity contribution in [3.05, 3.63) is 54.1 Å². The van der Waals surface area contributed by atoms with Crippen LogP contribution in [0.3, 0.4) is 0 Å². The largest absolute Gasteiger partial charge is 0.459 e. The van der Waals surface area contributed by atoms with Gasteiger partial charge < -0.3 is 21.5 Å². The normalized spacial score (nSPS) is 12.3. The Morgan fingerprint density at radius 2 is 1.69 bits per heavy atom. The molecule has 0 heterocycles. The first-order valence-electron chi connectivity index (χ1n) is 8.39. The van der Waals surface area contributed by atoms with Crippen LogP contribution in [0.2, 0.25) is 0 Å². The molecule has 1 unspecified atom stereocenters. The summed E-state index contributed by atoms with van der Waals surface area (Å²) in [4.78, 5) is 24.1. The number of benzene rings is 2. The molecular weight excluding hydrogens is 330 g/mol. The van der Waals surface area contributed by atoms with E-state index in [1.807, 2.05) is 36.4 Å². The Morgan fingerprint density at radius 3 is 2.27 bits per heavy atom. The van der Waals surface area contributed by atoms with Crippen LogP contribution >= 0.6 is 0 Å². The molecule has 5 N–H and O–H groups in total. The third kappa shape index (κ3) is 5.32. The van der Waals surface area contributed by atoms with Gasteiger partial charge in [-0.1, -0.05) is 30.3 Å². The van der Waals surface area contributed by atoms with Gasteiger partial charge in [0.05, 0.1) is 0 Å². The average molecular weight is 355 g/mol. The van der Waals surface area contributed by atoms with E-state index in [4.69, 9.17) is 16.2 Å². The third-order valence-corrected chi connectivity index (χ3v) is 3.61. The molecule has 0 spiro atoms. The summed E-state index contributed by atoms with van der Waals surface area (Å²) < 4.78 is 5.19. The minimum Gasteiger partial charge on any atom is -0.459 e. The molecule has 0 aliphatic heterocycles. The van der Waals surface area contributed by atoms with Crippen molar-refractivity contribution < 1.29 is 14.3 Å². The maximum absolute atomic E-state index is 12.2. The zero-order valence-corrected chi connectivity index (χ0v) is 15.3. The van der Waals surface area contributed by atoms with Crippen LogP contribution in [-0.2, 0) is 9.53 Å². The lowest BCUT2D eigenvalue weighted by atomic mass is 10.0. The highest BCUT2D eigenvalue weighted by atomic mass is 16.6. The molecule has 0 radical (unpaired) electrons. The van der Waals surface area contributed by atoms with Crippen LogP contribution in [0.15, 0.2) is 48.5 Å². The molecular formula is C20H25N3O3. The van der Waals surface area contributed by atoms with Crippen molar-refractivity contribution in [2.24, 2.45) is 5.73 Å². The van der Waals surface area contributed by atoms with Crippen molar-refractivity contribution >= 4 is 17.6 Å². The molecule has 0 saturated heterocycles. The fraction of sp³-hybridized carbons (Fsp3) is 0.300. The van der Waals surface area contributed by atoms with E-state index in [1.165, 1.54) is 0 Å². The Morgan fingerprint density at radius 1 is 1.08 bits per heavy atom. The minimum absolute atomic E-state index is 0.00112. The number of hydrogen-bond acceptors (Lipinski definition) is 5. The summed E-state index contributed by atoms with van der Waals surface area (Å²) in [7, 11) is 0. The molecule has 0 fully saturated rings. The first-order valence-corrected chi connectivity index (χ1v) is 8.39. The highest BCUT2D eigenvalue weighted by molar-refractivity contribution is 5.95. The van der Waals surface area contributed by atoms with Gasteiger partial charge in [0.25, 0.3) is 5.91 Å². The number of nitrogens with one attached hydrogen (secondary N) is 1. The second kappa shape index (κ2) is 8.01. The van der Waals surface area contributed by atoms with Gasteiger partial charge in [-0.25, -0.2) is 0 Å². The summed E-state index contributed by atoms with van der Waals surface area (Å²) in [5, 5.41) is 2.65. The Kier molecular flexibility index (Phi) is 6.00. The zero-order valence-electron chi connectivity index (χ0n) is 15.3. The van der Waals surface area contributed by atoms with Crippen LogP contribution in [0.4, 0.5) is 5.69 Å². The van der Waals surface area contributed by atoms with E-state index in [1.54, 1.807) is 32.9 Å². The Bertz CT molecular complexity index is 780. The summed E-state index contributed by atoms with van der Waals surface area (Å²) in [5.41, 5.74) is 14.1. The predicted molar refractivity (Wildman–Crippen MR) is 102 cm³/mol. The molecule has 26 heavy (non-hydrogen) atoms. The average Bonchev–Trinajstić information content (AvgIpc) is 2.58. The topological polar surface area (TPSA) is 107 Å². The van der Waals surface area contributed by atoms with Crippen LogP contribution < -0.4 is 16.8 Å². The number of para-hydroxylation sites is 1. The van der Waals surface area contributed by atoms with Crippen LogP contribution in [-0.4, -0.2) is 30.1 Å². The summed E-state index contributed by atoms with van der Waals surface area (Å²) in [6, 6.07) is 13.7. The third-order valence-electron chi connectivity index (χ3n) is 3.61. The summed E-state index contributed by atoms with van der Waals surface area (Å²) in [5.74, 6) is -0.857. The molecule has 0 aromatic heterocycles. The van der Waals surface area contributed by atoms with Gasteiger partial charge in [-0.3, -0.25) is 9.59 Å². The summed E-state index contributed by atoms with van der Waals surface area (Å²) >= 11 is 0. The van der Waals surface area contributed by atoms with E-state index in [2.05, 4.69) is 5.32 Å². The molecule has 0 saturated carbocycles. The summed E-state index contributed by atoms with van der Waals surface area (Å²) in [6.45, 7) is 5.28. The number of ether oxygens (including phenoxy) is 1. The number of esters is 1. The van der Waals surface area contributed by atoms with Gasteiger partial charge in [0.1, 0.15) is 11.6 Å². The molecule has 2 aromatic carbocycles. The minimum atomic E-state index is -0.915. The fourth-order valence-electron chi connectivity index (χ4n) is 2.33. The van der Waals surface area contributed by atoms with Gasteiger partial charge in [-0.2, -0.15) is 0 Å². The number of carbonyl (C=O) groups excluding carboxylic acids is 2. The molecule has 2 aromatic rings. The van der Waals surface area contributed by atoms with Gasteiger partial charge in [0, 0.05) is 23.4 Å². The molecule has 0 bridgehead atoms. The second-order valence-electron chi connectivity index (χ2n) is 7.01. The van der Waals surface area contributed by atoms with Gasteiger partial charge in [-0.05, 0) is 44.5 Å². The van der Waals surface area contributed by atoms with Gasteiger partial charge in [0.15, 0.2) is 0 Å². The van der Waals surface area contributed by atoms with Crippen molar-refractivity contribution in [3.63, 3.8) is 0 Å². The van der Waals surface area contributed by atoms with Gasteiger partial charge in [0.2, 0.25) is 0 Å². The molecule has 6 nitrogen and oxygen atoms in total. The standard InChI is InChI=1S/C20H25N3O3/c1-20(2,3)26-19(25)17(22)12-23-18(24)14-10-8-13(9-11-14)15-6-4-5-7-16(15)21/h4-11,17H,12,21-22H2,1-3H3,(H,23,24). The zero-order chi connectivity index (χ0) is 19.3. The van der Waals surface area contributed by atoms with E-state index in [0.717, 1.165) is 11.1 Å². The van der Waals surface area contributed by atoms with Crippen LogP contribution in [0.25, 0.3) is 11.1 Å². The van der Waals surface area contributed by atoms with Crippen molar-refractivity contribution in [1.29, 1.82) is 0 Å². The van der Waals surface area contributed by atoms with E-state index in [9.17, 15) is 9.59 Å². The van der Waals surface area contributed by atoms with Crippen LogP contribution in [0, 0.1) is 0 Å². The van der Waals surface area contributed by atoms with Crippen LogP contribution in [0.5, 0.6) is 0 Å². The lowest BCUT2D eigenvalue weighted by molar-refractivity contribution is -0.156. The van der Waals surface area contributed by atoms with Crippen molar-refractivity contribution in [2.45, 2.75) is 32.4 Å². The maximum Gasteiger partial charge on any atom is 0.325 e. The quantitative estimate of drug-likeness (QED) is 0.564. The Hall–Kier alpha value is -2.86. The van der Waals surface area contributed by atoms with Gasteiger partial charge >= 0.3 is 5.97 Å². The smallest absolute Gasteiger partial charge is 0.325 e. The lowest BCUT2D eigenvalue weighted by Crippen LogP contribution is -2.45. The van der Waals surface area contributed by atoms with Crippen LogP contribution in [0.1, 0.15) is 31.1 Å². The molecule has 2 rings (SSSR count). The molecule has 0 aliphatic rings. The molecule has 6 heteroatoms. The SMILES string of the molecule is CC(C)(C)OC(=O)C(N)CNC(=O)c1ccc(-c2ccccc2N)cc1.